The van der Waals surface area contributed by atoms with Crippen molar-refractivity contribution in [2.45, 2.75) is 367 Å². The zero-order valence-corrected chi connectivity index (χ0v) is 53.8. The largest absolute Gasteiger partial charge is 0.472 e. The lowest BCUT2D eigenvalue weighted by atomic mass is 10.0. The third-order valence-corrected chi connectivity index (χ3v) is 16.8. The number of carbonyl (C=O) groups excluding carboxylic acids is 2. The number of unbranched alkanes of at least 4 members (excludes halogenated alkanes) is 49. The molecule has 0 aliphatic heterocycles. The Balaban J connectivity index is 3.96. The number of nitrogens with zero attached hydrogens (tertiary/aromatic N) is 1. The van der Waals surface area contributed by atoms with E-state index < -0.39 is 26.5 Å². The van der Waals surface area contributed by atoms with Gasteiger partial charge in [-0.2, -0.15) is 0 Å². The van der Waals surface area contributed by atoms with Crippen molar-refractivity contribution in [3.8, 4) is 0 Å². The molecular formula is C68H135NO8P+. The number of phosphoric ester groups is 1. The Bertz CT molecular complexity index is 1320. The van der Waals surface area contributed by atoms with Gasteiger partial charge < -0.3 is 18.9 Å². The fraction of sp³-hybridized carbons (Fsp3) is 0.941. The molecule has 9 nitrogen and oxygen atoms in total. The lowest BCUT2D eigenvalue weighted by Crippen LogP contribution is -2.37. The number of phosphoric acid groups is 1. The molecule has 1 N–H and O–H groups in total. The van der Waals surface area contributed by atoms with Crippen molar-refractivity contribution >= 4 is 19.8 Å². The number of carbonyl (C=O) groups is 2. The van der Waals surface area contributed by atoms with E-state index >= 15 is 0 Å². The first-order chi connectivity index (χ1) is 38.0. The zero-order chi connectivity index (χ0) is 57.0. The summed E-state index contributed by atoms with van der Waals surface area (Å²) in [7, 11) is 1.50. The molecule has 2 atom stereocenters. The lowest BCUT2D eigenvalue weighted by Gasteiger charge is -2.24. The summed E-state index contributed by atoms with van der Waals surface area (Å²) in [5.74, 6) is -0.771. The van der Waals surface area contributed by atoms with Gasteiger partial charge in [0.25, 0.3) is 0 Å². The predicted octanol–water partition coefficient (Wildman–Crippen LogP) is 21.9. The van der Waals surface area contributed by atoms with E-state index in [1.54, 1.807) is 0 Å². The third-order valence-electron chi connectivity index (χ3n) is 15.8. The molecule has 0 aromatic carbocycles. The SMILES string of the molecule is CCCCCCCCCC/C=C\CCCCCCCCCCCCCCCCCCCCCCCC(=O)OC(COC(=O)CCCCCCCCCCCCCCCCCCCCCCC)COP(=O)(O)OCC[N+](C)(C)C. The molecule has 78 heavy (non-hydrogen) atoms. The second-order valence-corrected chi connectivity index (χ2v) is 26.4. The van der Waals surface area contributed by atoms with Crippen molar-refractivity contribution in [3.05, 3.63) is 12.2 Å². The Kier molecular flexibility index (Phi) is 59.4. The van der Waals surface area contributed by atoms with Gasteiger partial charge in [0.1, 0.15) is 19.8 Å². The smallest absolute Gasteiger partial charge is 0.462 e. The van der Waals surface area contributed by atoms with E-state index in [4.69, 9.17) is 18.5 Å². The lowest BCUT2D eigenvalue weighted by molar-refractivity contribution is -0.870. The van der Waals surface area contributed by atoms with Crippen LogP contribution in [0.15, 0.2) is 12.2 Å². The number of quaternary nitrogens is 1. The van der Waals surface area contributed by atoms with Gasteiger partial charge in [0.15, 0.2) is 6.10 Å². The van der Waals surface area contributed by atoms with Crippen LogP contribution in [-0.2, 0) is 32.7 Å². The average Bonchev–Trinajstić information content (AvgIpc) is 3.41. The minimum atomic E-state index is -4.38. The third kappa shape index (κ3) is 63.9. The zero-order valence-electron chi connectivity index (χ0n) is 52.9. The van der Waals surface area contributed by atoms with Crippen LogP contribution in [0.4, 0.5) is 0 Å². The number of ether oxygens (including phenoxy) is 2. The Morgan fingerprint density at radius 3 is 0.949 bits per heavy atom. The van der Waals surface area contributed by atoms with E-state index in [-0.39, 0.29) is 25.6 Å². The van der Waals surface area contributed by atoms with Gasteiger partial charge in [0.2, 0.25) is 0 Å². The van der Waals surface area contributed by atoms with Crippen molar-refractivity contribution in [1.29, 1.82) is 0 Å². The molecule has 0 heterocycles. The van der Waals surface area contributed by atoms with Crippen LogP contribution in [0.3, 0.4) is 0 Å². The first kappa shape index (κ1) is 76.8. The first-order valence-corrected chi connectivity index (χ1v) is 35.9. The van der Waals surface area contributed by atoms with Crippen LogP contribution >= 0.6 is 7.82 Å². The molecule has 0 rings (SSSR count). The van der Waals surface area contributed by atoms with E-state index in [1.165, 1.54) is 295 Å². The Hall–Kier alpha value is -1.25. The first-order valence-electron chi connectivity index (χ1n) is 34.4. The summed E-state index contributed by atoms with van der Waals surface area (Å²) in [6, 6.07) is 0. The fourth-order valence-electron chi connectivity index (χ4n) is 10.5. The van der Waals surface area contributed by atoms with Crippen molar-refractivity contribution in [3.63, 3.8) is 0 Å². The average molecular weight is 1130 g/mol. The maximum atomic E-state index is 12.9. The molecule has 0 bridgehead atoms. The molecule has 0 aromatic heterocycles. The molecule has 0 spiro atoms. The molecule has 464 valence electrons. The monoisotopic (exact) mass is 1120 g/mol. The number of rotatable bonds is 65. The van der Waals surface area contributed by atoms with Crippen LogP contribution < -0.4 is 0 Å². The highest BCUT2D eigenvalue weighted by atomic mass is 31.2. The summed E-state index contributed by atoms with van der Waals surface area (Å²) in [5.41, 5.74) is 0. The molecule has 10 heteroatoms. The molecule has 0 aliphatic carbocycles. The quantitative estimate of drug-likeness (QED) is 0.0211. The van der Waals surface area contributed by atoms with Crippen LogP contribution in [-0.4, -0.2) is 74.9 Å². The summed E-state index contributed by atoms with van der Waals surface area (Å²) < 4.78 is 34.7. The predicted molar refractivity (Wildman–Crippen MR) is 335 cm³/mol. The van der Waals surface area contributed by atoms with Gasteiger partial charge in [-0.25, -0.2) is 4.57 Å². The van der Waals surface area contributed by atoms with Gasteiger partial charge in [-0.15, -0.1) is 0 Å². The van der Waals surface area contributed by atoms with Crippen molar-refractivity contribution in [2.75, 3.05) is 47.5 Å². The van der Waals surface area contributed by atoms with E-state index in [0.717, 1.165) is 38.5 Å². The molecule has 0 amide bonds. The second-order valence-electron chi connectivity index (χ2n) is 24.9. The Morgan fingerprint density at radius 2 is 0.654 bits per heavy atom. The highest BCUT2D eigenvalue weighted by Crippen LogP contribution is 2.43. The standard InChI is InChI=1S/C68H134NO8P/c1-6-8-10-12-14-16-18-20-22-24-26-28-29-30-31-32-33-34-35-36-37-38-39-41-43-45-47-49-51-53-55-57-59-61-68(71)77-66(65-76-78(72,73)75-63-62-69(3,4)5)64-74-67(70)60-58-56-54-52-50-48-46-44-42-40-27-25-23-21-19-17-15-13-11-9-7-2/h24,26,66H,6-23,25,27-65H2,1-5H3/p+1/b26-24-. The highest BCUT2D eigenvalue weighted by Gasteiger charge is 2.27. The summed E-state index contributed by atoms with van der Waals surface area (Å²) in [5, 5.41) is 0. The second kappa shape index (κ2) is 60.3. The topological polar surface area (TPSA) is 108 Å². The Labute approximate surface area is 486 Å². The molecule has 0 aliphatic rings. The van der Waals surface area contributed by atoms with Gasteiger partial charge >= 0.3 is 19.8 Å². The van der Waals surface area contributed by atoms with Crippen LogP contribution in [0.1, 0.15) is 361 Å². The summed E-state index contributed by atoms with van der Waals surface area (Å²) >= 11 is 0. The summed E-state index contributed by atoms with van der Waals surface area (Å²) in [6.07, 6.45) is 73.2. The van der Waals surface area contributed by atoms with Gasteiger partial charge in [-0.05, 0) is 38.5 Å². The molecule has 0 saturated carbocycles. The van der Waals surface area contributed by atoms with Crippen LogP contribution in [0, 0.1) is 0 Å². The number of hydrogen-bond acceptors (Lipinski definition) is 7. The molecule has 0 saturated heterocycles. The van der Waals surface area contributed by atoms with Gasteiger partial charge in [-0.1, -0.05) is 321 Å². The summed E-state index contributed by atoms with van der Waals surface area (Å²) in [4.78, 5) is 35.8. The minimum Gasteiger partial charge on any atom is -0.462 e. The molecular weight excluding hydrogens is 990 g/mol. The van der Waals surface area contributed by atoms with Gasteiger partial charge in [0, 0.05) is 12.8 Å². The number of hydrogen-bond donors (Lipinski definition) is 1. The molecule has 0 radical (unpaired) electrons. The van der Waals surface area contributed by atoms with Gasteiger partial charge in [0.05, 0.1) is 27.7 Å². The molecule has 0 fully saturated rings. The van der Waals surface area contributed by atoms with Crippen LogP contribution in [0.25, 0.3) is 0 Å². The highest BCUT2D eigenvalue weighted by molar-refractivity contribution is 7.47. The number of likely N-dealkylation sites (N-methyl/N-ethyl adjacent to an activating group) is 1. The normalized spacial score (nSPS) is 13.2. The Morgan fingerprint density at radius 1 is 0.385 bits per heavy atom. The maximum Gasteiger partial charge on any atom is 0.472 e. The van der Waals surface area contributed by atoms with E-state index in [9.17, 15) is 19.0 Å². The number of esters is 2. The van der Waals surface area contributed by atoms with E-state index in [2.05, 4.69) is 26.0 Å². The number of allylic oxidation sites excluding steroid dienone is 2. The van der Waals surface area contributed by atoms with Crippen LogP contribution in [0.2, 0.25) is 0 Å². The fourth-order valence-corrected chi connectivity index (χ4v) is 11.2. The minimum absolute atomic E-state index is 0.0367. The maximum absolute atomic E-state index is 12.9. The van der Waals surface area contributed by atoms with Crippen molar-refractivity contribution in [1.82, 2.24) is 0 Å². The summed E-state index contributed by atoms with van der Waals surface area (Å²) in [6.45, 7) is 4.52. The van der Waals surface area contributed by atoms with Crippen molar-refractivity contribution < 1.29 is 42.1 Å². The van der Waals surface area contributed by atoms with Gasteiger partial charge in [-0.3, -0.25) is 18.6 Å². The van der Waals surface area contributed by atoms with E-state index in [1.807, 2.05) is 21.1 Å². The van der Waals surface area contributed by atoms with E-state index in [0.29, 0.717) is 17.4 Å². The van der Waals surface area contributed by atoms with Crippen LogP contribution in [0.5, 0.6) is 0 Å². The van der Waals surface area contributed by atoms with Crippen molar-refractivity contribution in [2.24, 2.45) is 0 Å². The molecule has 0 aromatic rings. The molecule has 2 unspecified atom stereocenters.